The van der Waals surface area contributed by atoms with Gasteiger partial charge in [-0.3, -0.25) is 0 Å². The summed E-state index contributed by atoms with van der Waals surface area (Å²) in [6.45, 7) is 18.2. The third-order valence-electron chi connectivity index (χ3n) is 4.61. The van der Waals surface area contributed by atoms with Gasteiger partial charge in [-0.2, -0.15) is 0 Å². The highest BCUT2D eigenvalue weighted by Gasteiger charge is 2.43. The first-order valence-electron chi connectivity index (χ1n) is 8.39. The molecule has 132 valence electrons. The largest absolute Gasteiger partial charge is 0.410 e. The normalized spacial score (nSPS) is 25.6. The molecule has 0 spiro atoms. The minimum atomic E-state index is -1.81. The lowest BCUT2D eigenvalue weighted by Gasteiger charge is -2.39. The molecule has 3 nitrogen and oxygen atoms in total. The average Bonchev–Trinajstić information content (AvgIpc) is 2.75. The number of hydrogen-bond donors (Lipinski definition) is 0. The van der Waals surface area contributed by atoms with Crippen LogP contribution in [0.5, 0.6) is 0 Å². The Labute approximate surface area is 143 Å². The Kier molecular flexibility index (Phi) is 6.31. The van der Waals surface area contributed by atoms with Crippen molar-refractivity contribution < 1.29 is 13.9 Å². The number of ether oxygens (including phenoxy) is 2. The fourth-order valence-corrected chi connectivity index (χ4v) is 3.45. The van der Waals surface area contributed by atoms with Crippen molar-refractivity contribution in [3.63, 3.8) is 0 Å². The SMILES string of the molecule is C#CCO[C@]1(COC(C)(C)C)C=C[C@H](O[Si](C)(C)C(C)(C)C)C1. The van der Waals surface area contributed by atoms with Gasteiger partial charge in [0.25, 0.3) is 0 Å². The van der Waals surface area contributed by atoms with E-state index >= 15 is 0 Å². The predicted molar refractivity (Wildman–Crippen MR) is 99.0 cm³/mol. The van der Waals surface area contributed by atoms with Crippen molar-refractivity contribution >= 4 is 8.32 Å². The van der Waals surface area contributed by atoms with Crippen LogP contribution in [0.3, 0.4) is 0 Å². The molecule has 0 unspecified atom stereocenters. The van der Waals surface area contributed by atoms with Crippen molar-refractivity contribution in [2.75, 3.05) is 13.2 Å². The van der Waals surface area contributed by atoms with E-state index in [2.05, 4.69) is 51.9 Å². The molecule has 0 radical (unpaired) electrons. The molecular weight excluding hydrogens is 304 g/mol. The zero-order valence-corrected chi connectivity index (χ0v) is 17.2. The Hall–Kier alpha value is -0.603. The Balaban J connectivity index is 2.78. The van der Waals surface area contributed by atoms with Crippen LogP contribution in [0, 0.1) is 12.3 Å². The first kappa shape index (κ1) is 20.4. The van der Waals surface area contributed by atoms with Gasteiger partial charge < -0.3 is 13.9 Å². The standard InChI is InChI=1S/C19H34O3Si/c1-10-13-20-19(15-21-17(2,3)4)12-11-16(14-19)22-23(8,9)18(5,6)7/h1,11-12,16H,13-15H2,2-9H3/t16-,19+/m0/s1. The summed E-state index contributed by atoms with van der Waals surface area (Å²) in [6, 6.07) is 0. The van der Waals surface area contributed by atoms with Crippen LogP contribution in [-0.2, 0) is 13.9 Å². The minimum Gasteiger partial charge on any atom is -0.410 e. The molecule has 0 bridgehead atoms. The summed E-state index contributed by atoms with van der Waals surface area (Å²) < 4.78 is 18.4. The lowest BCUT2D eigenvalue weighted by atomic mass is 10.0. The van der Waals surface area contributed by atoms with Crippen molar-refractivity contribution in [3.8, 4) is 12.3 Å². The minimum absolute atomic E-state index is 0.0669. The molecule has 0 aromatic carbocycles. The third-order valence-corrected chi connectivity index (χ3v) is 9.11. The highest BCUT2D eigenvalue weighted by atomic mass is 28.4. The fourth-order valence-electron chi connectivity index (χ4n) is 2.18. The Morgan fingerprint density at radius 3 is 2.30 bits per heavy atom. The van der Waals surface area contributed by atoms with Crippen LogP contribution in [0.15, 0.2) is 12.2 Å². The van der Waals surface area contributed by atoms with Crippen molar-refractivity contribution in [1.29, 1.82) is 0 Å². The molecule has 1 aliphatic rings. The maximum Gasteiger partial charge on any atom is 0.192 e. The van der Waals surface area contributed by atoms with Gasteiger partial charge in [-0.15, -0.1) is 6.42 Å². The van der Waals surface area contributed by atoms with Crippen molar-refractivity contribution in [2.45, 2.75) is 83.4 Å². The molecule has 1 aliphatic carbocycles. The second-order valence-corrected chi connectivity index (χ2v) is 13.7. The molecule has 0 aromatic rings. The van der Waals surface area contributed by atoms with Crippen LogP contribution < -0.4 is 0 Å². The van der Waals surface area contributed by atoms with Gasteiger partial charge in [0.05, 0.1) is 18.3 Å². The molecule has 0 amide bonds. The molecule has 1 rings (SSSR count). The van der Waals surface area contributed by atoms with Gasteiger partial charge in [0.1, 0.15) is 12.2 Å². The highest BCUT2D eigenvalue weighted by molar-refractivity contribution is 6.74. The maximum atomic E-state index is 6.50. The molecule has 0 heterocycles. The summed E-state index contributed by atoms with van der Waals surface area (Å²) in [5, 5.41) is 0.188. The van der Waals surface area contributed by atoms with Crippen LogP contribution in [0.25, 0.3) is 0 Å². The first-order valence-corrected chi connectivity index (χ1v) is 11.3. The Morgan fingerprint density at radius 2 is 1.83 bits per heavy atom. The van der Waals surface area contributed by atoms with Crippen LogP contribution in [0.2, 0.25) is 18.1 Å². The predicted octanol–water partition coefficient (Wildman–Crippen LogP) is 4.54. The van der Waals surface area contributed by atoms with Gasteiger partial charge in [-0.05, 0) is 38.9 Å². The summed E-state index contributed by atoms with van der Waals surface area (Å²) in [6.07, 6.45) is 10.4. The maximum absolute atomic E-state index is 6.50. The van der Waals surface area contributed by atoms with Crippen molar-refractivity contribution in [2.24, 2.45) is 0 Å². The van der Waals surface area contributed by atoms with Gasteiger partial charge in [-0.1, -0.05) is 38.8 Å². The van der Waals surface area contributed by atoms with E-state index in [9.17, 15) is 0 Å². The van der Waals surface area contributed by atoms with Crippen molar-refractivity contribution in [1.82, 2.24) is 0 Å². The molecule has 2 atom stereocenters. The quantitative estimate of drug-likeness (QED) is 0.404. The molecule has 0 saturated heterocycles. The second kappa shape index (κ2) is 7.10. The van der Waals surface area contributed by atoms with Gasteiger partial charge in [0, 0.05) is 6.42 Å². The lowest BCUT2D eigenvalue weighted by Crippen LogP contribution is -2.45. The van der Waals surface area contributed by atoms with E-state index in [1.807, 2.05) is 20.8 Å². The molecular formula is C19H34O3Si. The molecule has 0 N–H and O–H groups in total. The van der Waals surface area contributed by atoms with Crippen molar-refractivity contribution in [3.05, 3.63) is 12.2 Å². The van der Waals surface area contributed by atoms with E-state index in [4.69, 9.17) is 20.3 Å². The summed E-state index contributed by atoms with van der Waals surface area (Å²) in [5.41, 5.74) is -0.689. The number of rotatable bonds is 6. The molecule has 0 fully saturated rings. The molecule has 4 heteroatoms. The Bertz CT molecular complexity index is 462. The van der Waals surface area contributed by atoms with Gasteiger partial charge in [0.15, 0.2) is 8.32 Å². The van der Waals surface area contributed by atoms with E-state index in [0.29, 0.717) is 6.61 Å². The van der Waals surface area contributed by atoms with E-state index in [0.717, 1.165) is 6.42 Å². The Morgan fingerprint density at radius 1 is 1.22 bits per heavy atom. The monoisotopic (exact) mass is 338 g/mol. The zero-order chi connectivity index (χ0) is 17.9. The average molecular weight is 339 g/mol. The summed E-state index contributed by atoms with van der Waals surface area (Å²) in [5.74, 6) is 2.56. The highest BCUT2D eigenvalue weighted by Crippen LogP contribution is 2.40. The van der Waals surface area contributed by atoms with E-state index in [-0.39, 0.29) is 23.4 Å². The topological polar surface area (TPSA) is 27.7 Å². The zero-order valence-electron chi connectivity index (χ0n) is 16.2. The molecule has 0 saturated carbocycles. The van der Waals surface area contributed by atoms with Gasteiger partial charge in [-0.25, -0.2) is 0 Å². The van der Waals surface area contributed by atoms with E-state index in [1.165, 1.54) is 0 Å². The van der Waals surface area contributed by atoms with Crippen LogP contribution in [-0.4, -0.2) is 38.8 Å². The lowest BCUT2D eigenvalue weighted by molar-refractivity contribution is -0.106. The fraction of sp³-hybridized carbons (Fsp3) is 0.789. The van der Waals surface area contributed by atoms with Gasteiger partial charge >= 0.3 is 0 Å². The van der Waals surface area contributed by atoms with E-state index < -0.39 is 13.9 Å². The molecule has 0 aliphatic heterocycles. The second-order valence-electron chi connectivity index (χ2n) is 8.94. The van der Waals surface area contributed by atoms with Crippen LogP contribution in [0.4, 0.5) is 0 Å². The third kappa shape index (κ3) is 6.08. The smallest absolute Gasteiger partial charge is 0.192 e. The van der Waals surface area contributed by atoms with Gasteiger partial charge in [0.2, 0.25) is 0 Å². The summed E-state index contributed by atoms with van der Waals surface area (Å²) in [4.78, 5) is 0. The molecule has 23 heavy (non-hydrogen) atoms. The number of hydrogen-bond acceptors (Lipinski definition) is 3. The molecule has 0 aromatic heterocycles. The van der Waals surface area contributed by atoms with Crippen LogP contribution >= 0.6 is 0 Å². The summed E-state index contributed by atoms with van der Waals surface area (Å²) in [7, 11) is -1.81. The number of terminal acetylenes is 1. The van der Waals surface area contributed by atoms with E-state index in [1.54, 1.807) is 0 Å². The first-order chi connectivity index (χ1) is 10.3. The van der Waals surface area contributed by atoms with Crippen LogP contribution in [0.1, 0.15) is 48.0 Å². The summed E-state index contributed by atoms with van der Waals surface area (Å²) >= 11 is 0.